The van der Waals surface area contributed by atoms with E-state index in [9.17, 15) is 0 Å². The molecule has 0 amide bonds. The van der Waals surface area contributed by atoms with Crippen molar-refractivity contribution in [2.24, 2.45) is 0 Å². The molecule has 0 spiro atoms. The molecule has 0 bridgehead atoms. The normalized spacial score (nSPS) is 12.9. The van der Waals surface area contributed by atoms with Crippen LogP contribution in [0.3, 0.4) is 0 Å². The van der Waals surface area contributed by atoms with Gasteiger partial charge in [0.25, 0.3) is 0 Å². The fraction of sp³-hybridized carbons (Fsp3) is 0.400. The maximum atomic E-state index is 8.39. The topological polar surface area (TPSA) is 40.5 Å². The van der Waals surface area contributed by atoms with Gasteiger partial charge in [-0.25, -0.2) is 0 Å². The van der Waals surface area contributed by atoms with E-state index in [1.54, 1.807) is 6.92 Å². The highest BCUT2D eigenvalue weighted by Crippen LogP contribution is 2.16. The molecule has 0 fully saturated rings. The highest BCUT2D eigenvalue weighted by molar-refractivity contribution is 14.1. The van der Waals surface area contributed by atoms with Crippen LogP contribution < -0.4 is 0 Å². The first kappa shape index (κ1) is 10.9. The van der Waals surface area contributed by atoms with Gasteiger partial charge in [-0.2, -0.15) is 0 Å². The lowest BCUT2D eigenvalue weighted by Crippen LogP contribution is -2.00. The molecule has 2 rings (SSSR count). The van der Waals surface area contributed by atoms with Crippen LogP contribution in [-0.2, 0) is 0 Å². The molecule has 2 N–H and O–H groups in total. The largest absolute Gasteiger partial charge is 0.396 e. The lowest BCUT2D eigenvalue weighted by atomic mass is 10.1. The first-order valence-corrected chi connectivity index (χ1v) is 5.32. The summed E-state index contributed by atoms with van der Waals surface area (Å²) >= 11 is 2.34. The number of hydrogen-bond donors (Lipinski definition) is 2. The molecule has 3 heteroatoms. The Morgan fingerprint density at radius 2 is 2.15 bits per heavy atom. The summed E-state index contributed by atoms with van der Waals surface area (Å²) in [5, 5.41) is 19.4. The molecule has 13 heavy (non-hydrogen) atoms. The Morgan fingerprint density at radius 1 is 1.46 bits per heavy atom. The third-order valence-corrected chi connectivity index (χ3v) is 2.72. The van der Waals surface area contributed by atoms with E-state index < -0.39 is 0 Å². The zero-order valence-electron chi connectivity index (χ0n) is 7.50. The van der Waals surface area contributed by atoms with Crippen molar-refractivity contribution in [3.63, 3.8) is 0 Å². The molecule has 1 unspecified atom stereocenters. The van der Waals surface area contributed by atoms with Crippen molar-refractivity contribution < 1.29 is 10.2 Å². The van der Waals surface area contributed by atoms with Crippen LogP contribution >= 0.6 is 22.6 Å². The van der Waals surface area contributed by atoms with Crippen LogP contribution in [0, 0.1) is 14.0 Å². The van der Waals surface area contributed by atoms with E-state index in [0.29, 0.717) is 6.42 Å². The zero-order chi connectivity index (χ0) is 9.84. The molecule has 72 valence electrons. The number of benzene rings is 1. The van der Waals surface area contributed by atoms with Gasteiger partial charge in [-0.15, -0.1) is 0 Å². The predicted octanol–water partition coefficient (Wildman–Crippen LogP) is 1.64. The van der Waals surface area contributed by atoms with E-state index in [1.807, 2.05) is 0 Å². The Hall–Kier alpha value is -0.130. The number of rotatable bonds is 2. The van der Waals surface area contributed by atoms with Crippen LogP contribution in [0.4, 0.5) is 0 Å². The Labute approximate surface area is 91.1 Å². The van der Waals surface area contributed by atoms with E-state index in [-0.39, 0.29) is 12.7 Å². The molecule has 0 radical (unpaired) electrons. The predicted molar refractivity (Wildman–Crippen MR) is 60.2 cm³/mol. The molecule has 0 aliphatic heterocycles. The fourth-order valence-corrected chi connectivity index (χ4v) is 1.76. The summed E-state index contributed by atoms with van der Waals surface area (Å²) in [6.45, 7) is 1.73. The summed E-state index contributed by atoms with van der Waals surface area (Å²) < 4.78 is 1.41. The van der Waals surface area contributed by atoms with E-state index >= 15 is 0 Å². The first-order chi connectivity index (χ1) is 6.15. The van der Waals surface area contributed by atoms with Crippen molar-refractivity contribution in [1.29, 1.82) is 0 Å². The number of hydrogen-bond acceptors (Lipinski definition) is 2. The number of aliphatic hydroxyl groups excluding tert-OH is 2. The van der Waals surface area contributed by atoms with Gasteiger partial charge in [0.05, 0.1) is 6.10 Å². The molecule has 1 atom stereocenters. The average Bonchev–Trinajstić information content (AvgIpc) is 2.00. The maximum absolute atomic E-state index is 8.39. The van der Waals surface area contributed by atoms with Gasteiger partial charge in [-0.1, -0.05) is 12.1 Å². The van der Waals surface area contributed by atoms with Crippen LogP contribution in [0.25, 0.3) is 0 Å². The van der Waals surface area contributed by atoms with Crippen molar-refractivity contribution in [2.45, 2.75) is 19.4 Å². The van der Waals surface area contributed by atoms with Gasteiger partial charge in [-0.05, 0) is 52.4 Å². The van der Waals surface area contributed by atoms with Crippen LogP contribution in [-0.4, -0.2) is 22.9 Å². The smallest absolute Gasteiger partial charge is 0.0533 e. The summed E-state index contributed by atoms with van der Waals surface area (Å²) in [5.41, 5.74) is 0. The van der Waals surface area contributed by atoms with Crippen molar-refractivity contribution >= 4 is 22.6 Å². The minimum Gasteiger partial charge on any atom is -0.396 e. The summed E-state index contributed by atoms with van der Waals surface area (Å²) in [7, 11) is 0. The van der Waals surface area contributed by atoms with Crippen molar-refractivity contribution in [1.82, 2.24) is 0 Å². The molecule has 0 saturated heterocycles. The molecule has 0 aromatic heterocycles. The molecule has 2 aliphatic carbocycles. The molecule has 0 aromatic rings. The van der Waals surface area contributed by atoms with Gasteiger partial charge in [0, 0.05) is 10.2 Å². The third-order valence-electron chi connectivity index (χ3n) is 1.83. The standard InChI is InChI=1S/C6H3I.C4H10O2/c7-6-3-4-1-2-5(4)6;1-4(6)2-3-5/h1-3H;4-6H,2-3H2,1H3. The Balaban J connectivity index is 0.000000133. The second-order valence-electron chi connectivity index (χ2n) is 3.06. The summed E-state index contributed by atoms with van der Waals surface area (Å²) in [4.78, 5) is 0. The Morgan fingerprint density at radius 3 is 2.15 bits per heavy atom. The molecular weight excluding hydrogens is 279 g/mol. The molecule has 0 saturated carbocycles. The molecule has 2 nitrogen and oxygen atoms in total. The summed E-state index contributed by atoms with van der Waals surface area (Å²) in [6.07, 6.45) is 0.134. The van der Waals surface area contributed by atoms with Gasteiger partial charge in [0.2, 0.25) is 0 Å². The highest BCUT2D eigenvalue weighted by atomic mass is 127. The molecule has 2 aliphatic rings. The van der Waals surface area contributed by atoms with Gasteiger partial charge >= 0.3 is 0 Å². The third kappa shape index (κ3) is 2.93. The minimum atomic E-state index is -0.352. The first-order valence-electron chi connectivity index (χ1n) is 4.24. The molecule has 0 heterocycles. The van der Waals surface area contributed by atoms with E-state index in [2.05, 4.69) is 40.8 Å². The zero-order valence-corrected chi connectivity index (χ0v) is 9.65. The number of aliphatic hydroxyl groups is 2. The van der Waals surface area contributed by atoms with Crippen LogP contribution in [0.5, 0.6) is 0 Å². The Kier molecular flexibility index (Phi) is 4.15. The molecule has 0 aromatic carbocycles. The van der Waals surface area contributed by atoms with Crippen LogP contribution in [0.15, 0.2) is 18.2 Å². The van der Waals surface area contributed by atoms with Crippen LogP contribution in [0.2, 0.25) is 0 Å². The van der Waals surface area contributed by atoms with E-state index in [4.69, 9.17) is 10.2 Å². The van der Waals surface area contributed by atoms with Crippen molar-refractivity contribution in [3.8, 4) is 0 Å². The van der Waals surface area contributed by atoms with Gasteiger partial charge in [-0.3, -0.25) is 0 Å². The minimum absolute atomic E-state index is 0.0810. The van der Waals surface area contributed by atoms with Gasteiger partial charge < -0.3 is 10.2 Å². The lowest BCUT2D eigenvalue weighted by Gasteiger charge is -2.02. The summed E-state index contributed by atoms with van der Waals surface area (Å²) in [5.74, 6) is 0. The van der Waals surface area contributed by atoms with Crippen LogP contribution in [0.1, 0.15) is 13.3 Å². The number of halogens is 1. The summed E-state index contributed by atoms with van der Waals surface area (Å²) in [6, 6.07) is 6.48. The average molecular weight is 292 g/mol. The fourth-order valence-electron chi connectivity index (χ4n) is 0.930. The lowest BCUT2D eigenvalue weighted by molar-refractivity contribution is 0.148. The second kappa shape index (κ2) is 4.93. The monoisotopic (exact) mass is 292 g/mol. The second-order valence-corrected chi connectivity index (χ2v) is 4.22. The van der Waals surface area contributed by atoms with E-state index in [0.717, 1.165) is 0 Å². The Bertz CT molecular complexity index is 360. The van der Waals surface area contributed by atoms with Crippen molar-refractivity contribution in [3.05, 3.63) is 32.2 Å². The van der Waals surface area contributed by atoms with Crippen molar-refractivity contribution in [2.75, 3.05) is 6.61 Å². The van der Waals surface area contributed by atoms with Gasteiger partial charge in [0.15, 0.2) is 0 Å². The quantitative estimate of drug-likeness (QED) is 0.826. The highest BCUT2D eigenvalue weighted by Gasteiger charge is 1.99. The van der Waals surface area contributed by atoms with E-state index in [1.165, 1.54) is 14.0 Å². The SMILES string of the molecule is CC(O)CCO.Ic1cc2ccc1=2. The maximum Gasteiger partial charge on any atom is 0.0533 e. The van der Waals surface area contributed by atoms with Gasteiger partial charge in [0.1, 0.15) is 0 Å². The molecular formula is C10H13IO2.